The Morgan fingerprint density at radius 1 is 1.03 bits per heavy atom. The van der Waals surface area contributed by atoms with Gasteiger partial charge in [0.05, 0.1) is 30.0 Å². The smallest absolute Gasteiger partial charge is 0.338 e. The molecule has 9 nitrogen and oxygen atoms in total. The Morgan fingerprint density at radius 2 is 1.77 bits per heavy atom. The lowest BCUT2D eigenvalue weighted by molar-refractivity contribution is -0.120. The van der Waals surface area contributed by atoms with Gasteiger partial charge >= 0.3 is 5.97 Å². The van der Waals surface area contributed by atoms with Gasteiger partial charge in [-0.25, -0.2) is 9.78 Å². The third kappa shape index (κ3) is 8.74. The highest BCUT2D eigenvalue weighted by Crippen LogP contribution is 2.14. The number of rotatable bonds is 11. The van der Waals surface area contributed by atoms with Crippen molar-refractivity contribution in [3.63, 3.8) is 0 Å². The Kier molecular flexibility index (Phi) is 9.61. The Balaban J connectivity index is 1.47. The van der Waals surface area contributed by atoms with Crippen LogP contribution >= 0.6 is 11.8 Å². The van der Waals surface area contributed by atoms with Crippen molar-refractivity contribution in [1.29, 1.82) is 0 Å². The van der Waals surface area contributed by atoms with Crippen LogP contribution in [0.1, 0.15) is 28.5 Å². The number of hydrogen-bond acceptors (Lipinski definition) is 7. The molecule has 0 saturated heterocycles. The normalized spacial score (nSPS) is 10.4. The highest BCUT2D eigenvalue weighted by Gasteiger charge is 2.11. The zero-order valence-electron chi connectivity index (χ0n) is 19.2. The van der Waals surface area contributed by atoms with E-state index in [0.29, 0.717) is 29.9 Å². The van der Waals surface area contributed by atoms with E-state index in [2.05, 4.69) is 20.6 Å². The number of benzene rings is 2. The summed E-state index contributed by atoms with van der Waals surface area (Å²) < 4.78 is 4.93. The van der Waals surface area contributed by atoms with Gasteiger partial charge in [-0.2, -0.15) is 0 Å². The van der Waals surface area contributed by atoms with Gasteiger partial charge < -0.3 is 20.4 Å². The molecule has 0 atom stereocenters. The summed E-state index contributed by atoms with van der Waals surface area (Å²) >= 11 is 1.05. The van der Waals surface area contributed by atoms with Crippen molar-refractivity contribution >= 4 is 35.2 Å². The third-order valence-electron chi connectivity index (χ3n) is 4.71. The molecule has 3 N–H and O–H groups in total. The number of aromatic amines is 1. The average molecular weight is 495 g/mol. The lowest BCUT2D eigenvalue weighted by atomic mass is 10.1. The maximum atomic E-state index is 12.3. The maximum absolute atomic E-state index is 12.3. The number of aromatic nitrogens is 2. The van der Waals surface area contributed by atoms with E-state index in [1.54, 1.807) is 31.2 Å². The molecule has 182 valence electrons. The summed E-state index contributed by atoms with van der Waals surface area (Å²) in [5.41, 5.74) is 1.95. The number of nitrogens with zero attached hydrogens (tertiary/aromatic N) is 1. The molecule has 0 radical (unpaired) electrons. The Labute approximate surface area is 206 Å². The van der Waals surface area contributed by atoms with Crippen LogP contribution in [0.25, 0.3) is 0 Å². The minimum absolute atomic E-state index is 0.00467. The van der Waals surface area contributed by atoms with Crippen molar-refractivity contribution in [2.24, 2.45) is 0 Å². The predicted molar refractivity (Wildman–Crippen MR) is 133 cm³/mol. The first-order valence-electron chi connectivity index (χ1n) is 11.0. The standard InChI is InChI=1S/C25H26N4O5S/c1-2-34-24(33)18-8-10-19(11-9-18)27-23(32)16-35-25-28-20(15-22(31)29-25)14-21(30)26-13-12-17-6-4-3-5-7-17/h3-11,15H,2,12-14,16H2,1H3,(H,26,30)(H,27,32)(H,28,29,31). The second-order valence-corrected chi connectivity index (χ2v) is 8.40. The SMILES string of the molecule is CCOC(=O)c1ccc(NC(=O)CSc2nc(CC(=O)NCCc3ccccc3)cc(=O)[nH]2)cc1. The monoisotopic (exact) mass is 494 g/mol. The maximum Gasteiger partial charge on any atom is 0.338 e. The Bertz CT molecular complexity index is 1210. The number of ether oxygens (including phenoxy) is 1. The van der Waals surface area contributed by atoms with Gasteiger partial charge in [0.15, 0.2) is 5.16 Å². The van der Waals surface area contributed by atoms with E-state index >= 15 is 0 Å². The molecule has 0 aliphatic heterocycles. The van der Waals surface area contributed by atoms with Crippen LogP contribution in [0.15, 0.2) is 70.6 Å². The molecule has 2 aromatic carbocycles. The van der Waals surface area contributed by atoms with Crippen molar-refractivity contribution in [2.75, 3.05) is 24.2 Å². The quantitative estimate of drug-likeness (QED) is 0.212. The van der Waals surface area contributed by atoms with E-state index in [4.69, 9.17) is 4.74 Å². The highest BCUT2D eigenvalue weighted by atomic mass is 32.2. The van der Waals surface area contributed by atoms with Crippen LogP contribution in [0, 0.1) is 0 Å². The van der Waals surface area contributed by atoms with E-state index in [1.165, 1.54) is 6.07 Å². The Morgan fingerprint density at radius 3 is 2.49 bits per heavy atom. The van der Waals surface area contributed by atoms with Crippen LogP contribution in [-0.4, -0.2) is 46.7 Å². The van der Waals surface area contributed by atoms with Gasteiger partial charge in [0.1, 0.15) is 0 Å². The molecule has 1 heterocycles. The molecule has 0 fully saturated rings. The molecule has 0 bridgehead atoms. The zero-order chi connectivity index (χ0) is 25.0. The molecule has 0 saturated carbocycles. The number of H-pyrrole nitrogens is 1. The van der Waals surface area contributed by atoms with Crippen LogP contribution < -0.4 is 16.2 Å². The second kappa shape index (κ2) is 13.1. The molecule has 2 amide bonds. The van der Waals surface area contributed by atoms with Crippen LogP contribution in [-0.2, 0) is 27.2 Å². The van der Waals surface area contributed by atoms with Gasteiger partial charge in [-0.05, 0) is 43.2 Å². The summed E-state index contributed by atoms with van der Waals surface area (Å²) in [4.78, 5) is 55.0. The molecule has 10 heteroatoms. The van der Waals surface area contributed by atoms with Crippen molar-refractivity contribution in [2.45, 2.75) is 24.9 Å². The fourth-order valence-corrected chi connectivity index (χ4v) is 3.79. The number of esters is 1. The van der Waals surface area contributed by atoms with Crippen molar-refractivity contribution < 1.29 is 19.1 Å². The largest absolute Gasteiger partial charge is 0.462 e. The lowest BCUT2D eigenvalue weighted by Crippen LogP contribution is -2.28. The number of anilines is 1. The van der Waals surface area contributed by atoms with Gasteiger partial charge in [0, 0.05) is 18.3 Å². The summed E-state index contributed by atoms with van der Waals surface area (Å²) in [6, 6.07) is 17.4. The molecule has 0 spiro atoms. The van der Waals surface area contributed by atoms with Gasteiger partial charge in [-0.15, -0.1) is 0 Å². The van der Waals surface area contributed by atoms with Crippen LogP contribution in [0.2, 0.25) is 0 Å². The van der Waals surface area contributed by atoms with E-state index in [1.807, 2.05) is 30.3 Å². The summed E-state index contributed by atoms with van der Waals surface area (Å²) in [6.45, 7) is 2.49. The lowest BCUT2D eigenvalue weighted by Gasteiger charge is -2.08. The minimum Gasteiger partial charge on any atom is -0.462 e. The van der Waals surface area contributed by atoms with Crippen molar-refractivity contribution in [3.8, 4) is 0 Å². The van der Waals surface area contributed by atoms with Gasteiger partial charge in [-0.1, -0.05) is 42.1 Å². The number of thioether (sulfide) groups is 1. The summed E-state index contributed by atoms with van der Waals surface area (Å²) in [6.07, 6.45) is 0.669. The predicted octanol–water partition coefficient (Wildman–Crippen LogP) is 2.58. The number of nitrogens with one attached hydrogen (secondary N) is 3. The topological polar surface area (TPSA) is 130 Å². The first-order chi connectivity index (χ1) is 16.9. The fraction of sp³-hybridized carbons (Fsp3) is 0.240. The molecule has 3 aromatic rings. The number of amides is 2. The van der Waals surface area contributed by atoms with E-state index in [-0.39, 0.29) is 35.8 Å². The van der Waals surface area contributed by atoms with Crippen LogP contribution in [0.4, 0.5) is 5.69 Å². The second-order valence-electron chi connectivity index (χ2n) is 7.44. The van der Waals surface area contributed by atoms with E-state index in [9.17, 15) is 19.2 Å². The highest BCUT2D eigenvalue weighted by molar-refractivity contribution is 7.99. The summed E-state index contributed by atoms with van der Waals surface area (Å²) in [5, 5.41) is 5.78. The van der Waals surface area contributed by atoms with Gasteiger partial charge in [0.25, 0.3) is 5.56 Å². The molecule has 0 aliphatic rings. The minimum atomic E-state index is -0.430. The first-order valence-corrected chi connectivity index (χ1v) is 12.0. The van der Waals surface area contributed by atoms with Gasteiger partial charge in [0.2, 0.25) is 11.8 Å². The molecular formula is C25H26N4O5S. The number of carbonyl (C=O) groups is 3. The van der Waals surface area contributed by atoms with E-state index < -0.39 is 11.5 Å². The van der Waals surface area contributed by atoms with Gasteiger partial charge in [-0.3, -0.25) is 14.4 Å². The van der Waals surface area contributed by atoms with E-state index in [0.717, 1.165) is 17.3 Å². The molecule has 3 rings (SSSR count). The summed E-state index contributed by atoms with van der Waals surface area (Å²) in [5.74, 6) is -0.986. The molecule has 35 heavy (non-hydrogen) atoms. The molecule has 0 aliphatic carbocycles. The number of hydrogen-bond donors (Lipinski definition) is 3. The van der Waals surface area contributed by atoms with Crippen LogP contribution in [0.3, 0.4) is 0 Å². The third-order valence-corrected chi connectivity index (χ3v) is 5.59. The first kappa shape index (κ1) is 25.7. The molecule has 0 unspecified atom stereocenters. The zero-order valence-corrected chi connectivity index (χ0v) is 20.0. The number of carbonyl (C=O) groups excluding carboxylic acids is 3. The summed E-state index contributed by atoms with van der Waals surface area (Å²) in [7, 11) is 0. The Hall–Kier alpha value is -3.92. The average Bonchev–Trinajstić information content (AvgIpc) is 2.84. The molecular weight excluding hydrogens is 468 g/mol. The van der Waals surface area contributed by atoms with Crippen molar-refractivity contribution in [1.82, 2.24) is 15.3 Å². The molecule has 1 aromatic heterocycles. The van der Waals surface area contributed by atoms with Crippen molar-refractivity contribution in [3.05, 3.63) is 87.8 Å². The van der Waals surface area contributed by atoms with Crippen LogP contribution in [0.5, 0.6) is 0 Å². The fourth-order valence-electron chi connectivity index (χ4n) is 3.10.